The summed E-state index contributed by atoms with van der Waals surface area (Å²) in [7, 11) is 0. The van der Waals surface area contributed by atoms with Crippen molar-refractivity contribution in [2.24, 2.45) is 0 Å². The van der Waals surface area contributed by atoms with Crippen LogP contribution in [-0.2, 0) is 21.5 Å². The number of hydrogen-bond acceptors (Lipinski definition) is 4. The van der Waals surface area contributed by atoms with E-state index >= 15 is 0 Å². The first-order valence-corrected chi connectivity index (χ1v) is 10.8. The number of furan rings is 1. The summed E-state index contributed by atoms with van der Waals surface area (Å²) in [5.41, 5.74) is 2.18. The van der Waals surface area contributed by atoms with Crippen LogP contribution in [0.25, 0.3) is 5.76 Å². The molecule has 33 heavy (non-hydrogen) atoms. The van der Waals surface area contributed by atoms with E-state index in [1.807, 2.05) is 24.3 Å². The highest BCUT2D eigenvalue weighted by Gasteiger charge is 2.46. The molecule has 4 rings (SSSR count). The van der Waals surface area contributed by atoms with Crippen LogP contribution in [0.2, 0.25) is 0 Å². The van der Waals surface area contributed by atoms with Gasteiger partial charge in [0.15, 0.2) is 0 Å². The Balaban J connectivity index is 1.86. The molecule has 1 aliphatic heterocycles. The van der Waals surface area contributed by atoms with E-state index in [2.05, 4.69) is 20.8 Å². The van der Waals surface area contributed by atoms with E-state index < -0.39 is 29.3 Å². The monoisotopic (exact) mass is 447 g/mol. The van der Waals surface area contributed by atoms with Crippen LogP contribution in [0.3, 0.4) is 0 Å². The maximum absolute atomic E-state index is 14.2. The molecule has 2 heterocycles. The molecule has 1 aliphatic rings. The van der Waals surface area contributed by atoms with E-state index in [1.54, 1.807) is 19.1 Å². The Kier molecular flexibility index (Phi) is 5.70. The number of ketones is 1. The standard InChI is InChI=1S/C27H26FNO4/c1-16-7-8-18(14-21(16)28)24(30)22-23(17-9-11-19(12-10-17)27(2,3)4)29(26(32)25(22)31)15-20-6-5-13-33-20/h5-14,23,30H,15H2,1-4H3/b24-22-. The lowest BCUT2D eigenvalue weighted by Crippen LogP contribution is -2.29. The van der Waals surface area contributed by atoms with Gasteiger partial charge in [-0.05, 0) is 47.2 Å². The molecule has 1 atom stereocenters. The molecule has 0 saturated carbocycles. The molecule has 170 valence electrons. The van der Waals surface area contributed by atoms with Crippen LogP contribution in [0.5, 0.6) is 0 Å². The van der Waals surface area contributed by atoms with Gasteiger partial charge in [0.25, 0.3) is 11.7 Å². The highest BCUT2D eigenvalue weighted by Crippen LogP contribution is 2.41. The van der Waals surface area contributed by atoms with Crippen LogP contribution >= 0.6 is 0 Å². The first-order chi connectivity index (χ1) is 15.6. The van der Waals surface area contributed by atoms with Gasteiger partial charge in [-0.2, -0.15) is 0 Å². The Bertz CT molecular complexity index is 1230. The van der Waals surface area contributed by atoms with E-state index in [1.165, 1.54) is 29.4 Å². The minimum Gasteiger partial charge on any atom is -0.507 e. The summed E-state index contributed by atoms with van der Waals surface area (Å²) < 4.78 is 19.6. The fraction of sp³-hybridized carbons (Fsp3) is 0.259. The van der Waals surface area contributed by atoms with Crippen molar-refractivity contribution in [1.82, 2.24) is 4.90 Å². The van der Waals surface area contributed by atoms with Crippen LogP contribution in [0.1, 0.15) is 54.8 Å². The predicted molar refractivity (Wildman–Crippen MR) is 123 cm³/mol. The maximum Gasteiger partial charge on any atom is 0.296 e. The molecule has 0 bridgehead atoms. The van der Waals surface area contributed by atoms with Gasteiger partial charge in [-0.25, -0.2) is 4.39 Å². The topological polar surface area (TPSA) is 70.8 Å². The number of rotatable bonds is 4. The number of likely N-dealkylation sites (tertiary alicyclic amines) is 1. The molecule has 5 nitrogen and oxygen atoms in total. The molecule has 6 heteroatoms. The van der Waals surface area contributed by atoms with Crippen LogP contribution in [0.4, 0.5) is 4.39 Å². The molecule has 1 aromatic heterocycles. The molecule has 3 aromatic rings. The predicted octanol–water partition coefficient (Wildman–Crippen LogP) is 5.65. The summed E-state index contributed by atoms with van der Waals surface area (Å²) in [6, 6.07) is 14.4. The average molecular weight is 448 g/mol. The van der Waals surface area contributed by atoms with Gasteiger partial charge in [0, 0.05) is 5.56 Å². The van der Waals surface area contributed by atoms with E-state index in [4.69, 9.17) is 4.42 Å². The number of carbonyl (C=O) groups excluding carboxylic acids is 2. The number of aliphatic hydroxyl groups is 1. The average Bonchev–Trinajstić information content (AvgIpc) is 3.37. The Hall–Kier alpha value is -3.67. The van der Waals surface area contributed by atoms with Crippen LogP contribution < -0.4 is 0 Å². The van der Waals surface area contributed by atoms with Gasteiger partial charge in [0.05, 0.1) is 24.4 Å². The molecule has 1 saturated heterocycles. The third-order valence-electron chi connectivity index (χ3n) is 5.98. The van der Waals surface area contributed by atoms with Crippen molar-refractivity contribution < 1.29 is 23.5 Å². The van der Waals surface area contributed by atoms with E-state index in [0.717, 1.165) is 5.56 Å². The second-order valence-electron chi connectivity index (χ2n) is 9.34. The third kappa shape index (κ3) is 4.21. The van der Waals surface area contributed by atoms with Gasteiger partial charge in [-0.15, -0.1) is 0 Å². The number of carbonyl (C=O) groups is 2. The zero-order valence-corrected chi connectivity index (χ0v) is 19.1. The first kappa shape index (κ1) is 22.5. The van der Waals surface area contributed by atoms with Gasteiger partial charge >= 0.3 is 0 Å². The van der Waals surface area contributed by atoms with Crippen molar-refractivity contribution in [3.05, 3.63) is 100 Å². The number of aryl methyl sites for hydroxylation is 1. The molecule has 2 aromatic carbocycles. The van der Waals surface area contributed by atoms with E-state index in [-0.39, 0.29) is 23.1 Å². The molecule has 1 amide bonds. The summed E-state index contributed by atoms with van der Waals surface area (Å²) in [6.45, 7) is 7.95. The highest BCUT2D eigenvalue weighted by molar-refractivity contribution is 6.46. The fourth-order valence-corrected chi connectivity index (χ4v) is 4.02. The molecular weight excluding hydrogens is 421 g/mol. The van der Waals surface area contributed by atoms with Crippen molar-refractivity contribution in [3.63, 3.8) is 0 Å². The Morgan fingerprint density at radius 1 is 1.09 bits per heavy atom. The summed E-state index contributed by atoms with van der Waals surface area (Å²) >= 11 is 0. The quantitative estimate of drug-likeness (QED) is 0.319. The maximum atomic E-state index is 14.2. The number of amides is 1. The zero-order valence-electron chi connectivity index (χ0n) is 19.1. The molecule has 0 aliphatic carbocycles. The summed E-state index contributed by atoms with van der Waals surface area (Å²) in [6.07, 6.45) is 1.49. The summed E-state index contributed by atoms with van der Waals surface area (Å²) in [5, 5.41) is 11.1. The van der Waals surface area contributed by atoms with Crippen molar-refractivity contribution in [2.75, 3.05) is 0 Å². The molecule has 1 unspecified atom stereocenters. The van der Waals surface area contributed by atoms with Gasteiger partial charge in [-0.1, -0.05) is 57.2 Å². The minimum absolute atomic E-state index is 0.0578. The molecular formula is C27H26FNO4. The highest BCUT2D eigenvalue weighted by atomic mass is 19.1. The number of nitrogens with zero attached hydrogens (tertiary/aromatic N) is 1. The second kappa shape index (κ2) is 8.35. The lowest BCUT2D eigenvalue weighted by atomic mass is 9.85. The smallest absolute Gasteiger partial charge is 0.296 e. The van der Waals surface area contributed by atoms with Gasteiger partial charge in [0.1, 0.15) is 17.3 Å². The third-order valence-corrected chi connectivity index (χ3v) is 5.98. The van der Waals surface area contributed by atoms with Crippen LogP contribution in [0.15, 0.2) is 70.9 Å². The lowest BCUT2D eigenvalue weighted by molar-refractivity contribution is -0.140. The number of aliphatic hydroxyl groups excluding tert-OH is 1. The SMILES string of the molecule is Cc1ccc(/C(O)=C2/C(=O)C(=O)N(Cc3ccco3)C2c2ccc(C(C)(C)C)cc2)cc1F. The minimum atomic E-state index is -0.839. The fourth-order valence-electron chi connectivity index (χ4n) is 4.02. The Morgan fingerprint density at radius 3 is 2.36 bits per heavy atom. The van der Waals surface area contributed by atoms with Gasteiger partial charge in [-0.3, -0.25) is 9.59 Å². The van der Waals surface area contributed by atoms with E-state index in [9.17, 15) is 19.1 Å². The Morgan fingerprint density at radius 2 is 1.79 bits per heavy atom. The van der Waals surface area contributed by atoms with E-state index in [0.29, 0.717) is 16.9 Å². The number of Topliss-reactive ketones (excluding diaryl/α,β-unsaturated/α-hetero) is 1. The summed E-state index contributed by atoms with van der Waals surface area (Å²) in [4.78, 5) is 27.5. The largest absolute Gasteiger partial charge is 0.507 e. The first-order valence-electron chi connectivity index (χ1n) is 10.8. The zero-order chi connectivity index (χ0) is 23.9. The Labute approximate surface area is 192 Å². The van der Waals surface area contributed by atoms with Crippen molar-refractivity contribution >= 4 is 17.4 Å². The van der Waals surface area contributed by atoms with Crippen molar-refractivity contribution in [1.29, 1.82) is 0 Å². The molecule has 0 spiro atoms. The number of halogens is 1. The van der Waals surface area contributed by atoms with Crippen molar-refractivity contribution in [3.8, 4) is 0 Å². The van der Waals surface area contributed by atoms with Crippen molar-refractivity contribution in [2.45, 2.75) is 45.7 Å². The molecule has 1 fully saturated rings. The van der Waals surface area contributed by atoms with Gasteiger partial charge < -0.3 is 14.4 Å². The van der Waals surface area contributed by atoms with Crippen LogP contribution in [0, 0.1) is 12.7 Å². The molecule has 1 N–H and O–H groups in total. The normalized spacial score (nSPS) is 18.2. The number of hydrogen-bond donors (Lipinski definition) is 1. The van der Waals surface area contributed by atoms with Gasteiger partial charge in [0.2, 0.25) is 0 Å². The lowest BCUT2D eigenvalue weighted by Gasteiger charge is -2.26. The number of benzene rings is 2. The summed E-state index contributed by atoms with van der Waals surface area (Å²) in [5.74, 6) is -1.96. The second-order valence-corrected chi connectivity index (χ2v) is 9.34. The van der Waals surface area contributed by atoms with Crippen LogP contribution in [-0.4, -0.2) is 21.7 Å². The molecule has 0 radical (unpaired) electrons.